The van der Waals surface area contributed by atoms with Crippen LogP contribution in [0.3, 0.4) is 0 Å². The molecule has 0 saturated heterocycles. The molecule has 0 radical (unpaired) electrons. The summed E-state index contributed by atoms with van der Waals surface area (Å²) in [6.07, 6.45) is 0. The Hall–Kier alpha value is -2.57. The molecule has 13 heteroatoms. The molecule has 1 aromatic rings. The molecule has 0 aliphatic rings. The second-order valence-electron chi connectivity index (χ2n) is 2.90. The molecular formula is C6HF2N3O7S. The van der Waals surface area contributed by atoms with Crippen molar-refractivity contribution in [1.29, 1.82) is 0 Å². The summed E-state index contributed by atoms with van der Waals surface area (Å²) in [6.45, 7) is 0. The summed E-state index contributed by atoms with van der Waals surface area (Å²) in [6, 6.07) is -0.0326. The van der Waals surface area contributed by atoms with E-state index in [0.717, 1.165) is 0 Å². The molecule has 1 unspecified atom stereocenters. The predicted octanol–water partition coefficient (Wildman–Crippen LogP) is 1.54. The number of hydrogen-bond acceptors (Lipinski definition) is 7. The van der Waals surface area contributed by atoms with Gasteiger partial charge >= 0.3 is 17.1 Å². The number of benzene rings is 1. The van der Waals surface area contributed by atoms with Gasteiger partial charge in [0, 0.05) is 0 Å². The van der Waals surface area contributed by atoms with Crippen molar-refractivity contribution < 1.29 is 27.3 Å². The van der Waals surface area contributed by atoms with Gasteiger partial charge < -0.3 is 0 Å². The first-order valence-corrected chi connectivity index (χ1v) is 5.11. The Bertz CT molecular complexity index is 634. The van der Waals surface area contributed by atoms with Gasteiger partial charge in [-0.05, 0) is 0 Å². The molecular weight excluding hydrogens is 296 g/mol. The number of nitro benzene ring substituents is 3. The van der Waals surface area contributed by atoms with Crippen molar-refractivity contribution in [1.82, 2.24) is 0 Å². The standard InChI is InChI=1S/C6HF2N3O7S/c7-4-2(9(12)13)1-3(10(14)15)6(19(8)18)5(4)11(16)17/h1H. The molecule has 10 nitrogen and oxygen atoms in total. The lowest BCUT2D eigenvalue weighted by atomic mass is 10.2. The van der Waals surface area contributed by atoms with Gasteiger partial charge in [0.1, 0.15) is 0 Å². The third-order valence-corrected chi connectivity index (χ3v) is 2.61. The summed E-state index contributed by atoms with van der Waals surface area (Å²) in [4.78, 5) is 25.3. The summed E-state index contributed by atoms with van der Waals surface area (Å²) < 4.78 is 36.8. The molecule has 1 rings (SSSR count). The largest absolute Gasteiger partial charge is 0.337 e. The summed E-state index contributed by atoms with van der Waals surface area (Å²) in [5, 5.41) is 31.4. The van der Waals surface area contributed by atoms with E-state index < -0.39 is 53.7 Å². The van der Waals surface area contributed by atoms with Gasteiger partial charge in [0.05, 0.1) is 20.8 Å². The van der Waals surface area contributed by atoms with Gasteiger partial charge in [-0.3, -0.25) is 30.3 Å². The van der Waals surface area contributed by atoms with Crippen LogP contribution in [0.1, 0.15) is 0 Å². The quantitative estimate of drug-likeness (QED) is 0.465. The van der Waals surface area contributed by atoms with Crippen molar-refractivity contribution in [3.05, 3.63) is 42.2 Å². The average molecular weight is 297 g/mol. The minimum atomic E-state index is -3.77. The second kappa shape index (κ2) is 4.97. The van der Waals surface area contributed by atoms with E-state index in [4.69, 9.17) is 0 Å². The molecule has 0 heterocycles. The molecule has 102 valence electrons. The first-order valence-electron chi connectivity index (χ1n) is 4.06. The molecule has 0 N–H and O–H groups in total. The highest BCUT2D eigenvalue weighted by atomic mass is 32.2. The van der Waals surface area contributed by atoms with Crippen molar-refractivity contribution in [2.75, 3.05) is 0 Å². The van der Waals surface area contributed by atoms with E-state index in [2.05, 4.69) is 0 Å². The third kappa shape index (κ3) is 2.49. The number of nitrogens with zero attached hydrogens (tertiary/aromatic N) is 3. The SMILES string of the molecule is O=[N+]([O-])c1cc([N+](=O)[O-])c(S(=O)F)c([N+](=O)[O-])c1F. The second-order valence-corrected chi connectivity index (χ2v) is 3.76. The maximum atomic E-state index is 13.4. The smallest absolute Gasteiger partial charge is 0.258 e. The Morgan fingerprint density at radius 3 is 1.79 bits per heavy atom. The van der Waals surface area contributed by atoms with Crippen molar-refractivity contribution in [2.24, 2.45) is 0 Å². The van der Waals surface area contributed by atoms with Crippen molar-refractivity contribution in [3.8, 4) is 0 Å². The Kier molecular flexibility index (Phi) is 3.79. The van der Waals surface area contributed by atoms with Crippen LogP contribution in [-0.2, 0) is 11.2 Å². The van der Waals surface area contributed by atoms with Crippen LogP contribution in [0, 0.1) is 36.2 Å². The van der Waals surface area contributed by atoms with E-state index in [9.17, 15) is 42.8 Å². The fourth-order valence-corrected chi connectivity index (χ4v) is 1.80. The molecule has 0 bridgehead atoms. The fourth-order valence-electron chi connectivity index (χ4n) is 1.19. The maximum absolute atomic E-state index is 13.4. The van der Waals surface area contributed by atoms with E-state index >= 15 is 0 Å². The van der Waals surface area contributed by atoms with E-state index in [1.165, 1.54) is 0 Å². The van der Waals surface area contributed by atoms with Gasteiger partial charge in [-0.15, -0.1) is 3.89 Å². The van der Waals surface area contributed by atoms with Gasteiger partial charge in [-0.2, -0.15) is 4.39 Å². The van der Waals surface area contributed by atoms with Crippen LogP contribution in [0.25, 0.3) is 0 Å². The zero-order valence-corrected chi connectivity index (χ0v) is 9.26. The molecule has 0 spiro atoms. The molecule has 0 saturated carbocycles. The maximum Gasteiger partial charge on any atom is 0.337 e. The van der Waals surface area contributed by atoms with Gasteiger partial charge in [-0.25, -0.2) is 4.21 Å². The van der Waals surface area contributed by atoms with E-state index in [1.54, 1.807) is 0 Å². The average Bonchev–Trinajstić information content (AvgIpc) is 2.26. The van der Waals surface area contributed by atoms with Crippen molar-refractivity contribution in [3.63, 3.8) is 0 Å². The normalized spacial score (nSPS) is 11.9. The van der Waals surface area contributed by atoms with E-state index in [0.29, 0.717) is 0 Å². The lowest BCUT2D eigenvalue weighted by Crippen LogP contribution is -2.06. The molecule has 0 fully saturated rings. The number of hydrogen-bond donors (Lipinski definition) is 0. The summed E-state index contributed by atoms with van der Waals surface area (Å²) in [7, 11) is 0. The molecule has 0 amide bonds. The van der Waals surface area contributed by atoms with Gasteiger partial charge in [0.25, 0.3) is 5.82 Å². The minimum Gasteiger partial charge on any atom is -0.258 e. The van der Waals surface area contributed by atoms with Crippen LogP contribution < -0.4 is 0 Å². The highest BCUT2D eigenvalue weighted by Gasteiger charge is 2.40. The molecule has 1 aromatic carbocycles. The zero-order valence-electron chi connectivity index (χ0n) is 8.44. The number of halogens is 2. The van der Waals surface area contributed by atoms with Crippen LogP contribution in [0.15, 0.2) is 11.0 Å². The van der Waals surface area contributed by atoms with Crippen molar-refractivity contribution >= 4 is 28.2 Å². The first kappa shape index (κ1) is 14.5. The Morgan fingerprint density at radius 1 is 1.00 bits per heavy atom. The lowest BCUT2D eigenvalue weighted by molar-refractivity contribution is -0.411. The van der Waals surface area contributed by atoms with Crippen LogP contribution in [0.4, 0.5) is 25.3 Å². The van der Waals surface area contributed by atoms with Crippen LogP contribution in [-0.4, -0.2) is 19.0 Å². The minimum absolute atomic E-state index is 0.0326. The summed E-state index contributed by atoms with van der Waals surface area (Å²) in [5.74, 6) is -2.11. The van der Waals surface area contributed by atoms with E-state index in [1.807, 2.05) is 0 Å². The van der Waals surface area contributed by atoms with E-state index in [-0.39, 0.29) is 6.07 Å². The topological polar surface area (TPSA) is 146 Å². The van der Waals surface area contributed by atoms with Crippen LogP contribution >= 0.6 is 0 Å². The Labute approximate surface area is 103 Å². The molecule has 0 aliphatic carbocycles. The molecule has 1 atom stereocenters. The van der Waals surface area contributed by atoms with Crippen molar-refractivity contribution in [2.45, 2.75) is 4.90 Å². The highest BCUT2D eigenvalue weighted by Crippen LogP contribution is 2.39. The number of rotatable bonds is 4. The molecule has 0 aliphatic heterocycles. The number of nitro groups is 3. The summed E-state index contributed by atoms with van der Waals surface area (Å²) >= 11 is -3.77. The van der Waals surface area contributed by atoms with Crippen LogP contribution in [0.5, 0.6) is 0 Å². The third-order valence-electron chi connectivity index (χ3n) is 1.89. The monoisotopic (exact) mass is 297 g/mol. The zero-order chi connectivity index (χ0) is 14.9. The van der Waals surface area contributed by atoms with Gasteiger partial charge in [0.15, 0.2) is 0 Å². The summed E-state index contributed by atoms with van der Waals surface area (Å²) in [5.41, 5.74) is -5.00. The fraction of sp³-hybridized carbons (Fsp3) is 0. The van der Waals surface area contributed by atoms with Crippen LogP contribution in [0.2, 0.25) is 0 Å². The lowest BCUT2D eigenvalue weighted by Gasteiger charge is -2.01. The molecule has 0 aromatic heterocycles. The Balaban J connectivity index is 3.94. The first-order chi connectivity index (χ1) is 8.68. The van der Waals surface area contributed by atoms with Gasteiger partial charge in [0.2, 0.25) is 16.1 Å². The molecule has 19 heavy (non-hydrogen) atoms. The highest BCUT2D eigenvalue weighted by molar-refractivity contribution is 7.80. The Morgan fingerprint density at radius 2 is 1.47 bits per heavy atom. The predicted molar refractivity (Wildman–Crippen MR) is 53.9 cm³/mol. The van der Waals surface area contributed by atoms with Gasteiger partial charge in [-0.1, -0.05) is 0 Å².